The van der Waals surface area contributed by atoms with Gasteiger partial charge in [-0.25, -0.2) is 0 Å². The fraction of sp³-hybridized carbons (Fsp3) is 0.200. The Morgan fingerprint density at radius 1 is 1.38 bits per heavy atom. The summed E-state index contributed by atoms with van der Waals surface area (Å²) in [6.45, 7) is 2.06. The lowest BCUT2D eigenvalue weighted by Crippen LogP contribution is -1.68. The molecule has 0 N–H and O–H groups in total. The zero-order valence-electron chi connectivity index (χ0n) is 7.10. The first-order valence-corrected chi connectivity index (χ1v) is 5.25. The van der Waals surface area contributed by atoms with Gasteiger partial charge in [-0.3, -0.25) is 0 Å². The number of rotatable bonds is 1. The van der Waals surface area contributed by atoms with E-state index in [-0.39, 0.29) is 0 Å². The number of hydrogen-bond acceptors (Lipinski definition) is 1. The minimum atomic E-state index is 0.657. The highest BCUT2D eigenvalue weighted by atomic mass is 79.9. The van der Waals surface area contributed by atoms with E-state index in [0.29, 0.717) is 5.02 Å². The maximum atomic E-state index is 6.01. The van der Waals surface area contributed by atoms with Crippen molar-refractivity contribution in [3.63, 3.8) is 0 Å². The summed E-state index contributed by atoms with van der Waals surface area (Å²) < 4.78 is 6.53. The molecule has 0 aliphatic heterocycles. The first kappa shape index (κ1) is 9.10. The van der Waals surface area contributed by atoms with Crippen LogP contribution in [0.25, 0.3) is 11.0 Å². The third-order valence-electron chi connectivity index (χ3n) is 1.94. The molecule has 1 heterocycles. The van der Waals surface area contributed by atoms with Crippen molar-refractivity contribution in [3.8, 4) is 0 Å². The smallest absolute Gasteiger partial charge is 0.152 e. The molecule has 0 saturated heterocycles. The summed E-state index contributed by atoms with van der Waals surface area (Å²) in [7, 11) is 0. The minimum Gasteiger partial charge on any atom is -0.460 e. The Hall–Kier alpha value is -0.470. The van der Waals surface area contributed by atoms with E-state index in [4.69, 9.17) is 16.0 Å². The quantitative estimate of drug-likeness (QED) is 0.739. The maximum Gasteiger partial charge on any atom is 0.152 e. The van der Waals surface area contributed by atoms with Crippen molar-refractivity contribution in [2.24, 2.45) is 0 Å². The van der Waals surface area contributed by atoms with Crippen LogP contribution in [0, 0.1) is 0 Å². The molecule has 0 aliphatic rings. The normalized spacial score (nSPS) is 11.0. The molecule has 0 fully saturated rings. The lowest BCUT2D eigenvalue weighted by atomic mass is 10.2. The van der Waals surface area contributed by atoms with Crippen LogP contribution in [0.3, 0.4) is 0 Å². The Balaban J connectivity index is 2.75. The average Bonchev–Trinajstić information content (AvgIpc) is 2.47. The fourth-order valence-corrected chi connectivity index (χ4v) is 2.18. The van der Waals surface area contributed by atoms with E-state index in [1.165, 1.54) is 0 Å². The van der Waals surface area contributed by atoms with Gasteiger partial charge < -0.3 is 4.42 Å². The topological polar surface area (TPSA) is 13.1 Å². The Morgan fingerprint density at radius 3 is 2.85 bits per heavy atom. The largest absolute Gasteiger partial charge is 0.460 e. The van der Waals surface area contributed by atoms with Crippen molar-refractivity contribution in [1.29, 1.82) is 0 Å². The van der Waals surface area contributed by atoms with Gasteiger partial charge in [-0.2, -0.15) is 0 Å². The van der Waals surface area contributed by atoms with E-state index in [9.17, 15) is 0 Å². The summed E-state index contributed by atoms with van der Waals surface area (Å²) in [4.78, 5) is 0. The van der Waals surface area contributed by atoms with Crippen molar-refractivity contribution < 1.29 is 4.42 Å². The number of aryl methyl sites for hydroxylation is 1. The second-order valence-electron chi connectivity index (χ2n) is 2.87. The van der Waals surface area contributed by atoms with Gasteiger partial charge in [-0.05, 0) is 18.2 Å². The number of hydrogen-bond donors (Lipinski definition) is 0. The van der Waals surface area contributed by atoms with Crippen molar-refractivity contribution in [1.82, 2.24) is 0 Å². The van der Waals surface area contributed by atoms with Crippen LogP contribution >= 0.6 is 27.5 Å². The first-order chi connectivity index (χ1) is 6.20. The minimum absolute atomic E-state index is 0.657. The van der Waals surface area contributed by atoms with Crippen LogP contribution in [-0.2, 0) is 6.42 Å². The summed E-state index contributed by atoms with van der Waals surface area (Å²) in [5.41, 5.74) is 0.779. The summed E-state index contributed by atoms with van der Waals surface area (Å²) >= 11 is 9.40. The molecular formula is C10H8BrClO. The molecule has 2 rings (SSSR count). The van der Waals surface area contributed by atoms with Crippen LogP contribution in [-0.4, -0.2) is 0 Å². The van der Waals surface area contributed by atoms with Crippen LogP contribution in [0.15, 0.2) is 27.1 Å². The van der Waals surface area contributed by atoms with Gasteiger partial charge in [0.15, 0.2) is 5.58 Å². The molecule has 0 bridgehead atoms. The zero-order chi connectivity index (χ0) is 9.42. The second-order valence-corrected chi connectivity index (χ2v) is 4.20. The molecule has 1 aromatic carbocycles. The third-order valence-corrected chi connectivity index (χ3v) is 2.67. The summed E-state index contributed by atoms with van der Waals surface area (Å²) in [6, 6.07) is 5.86. The van der Waals surface area contributed by atoms with Crippen LogP contribution in [0.4, 0.5) is 0 Å². The Kier molecular flexibility index (Phi) is 2.35. The van der Waals surface area contributed by atoms with Crippen molar-refractivity contribution in [2.75, 3.05) is 0 Å². The molecular weight excluding hydrogens is 251 g/mol. The second kappa shape index (κ2) is 3.35. The highest BCUT2D eigenvalue weighted by Gasteiger charge is 2.06. The molecule has 0 amide bonds. The van der Waals surface area contributed by atoms with Crippen molar-refractivity contribution >= 4 is 38.5 Å². The molecule has 0 saturated carbocycles. The van der Waals surface area contributed by atoms with Crippen LogP contribution in [0.5, 0.6) is 0 Å². The summed E-state index contributed by atoms with van der Waals surface area (Å²) in [5, 5.41) is 1.71. The number of halogens is 2. The van der Waals surface area contributed by atoms with Gasteiger partial charge in [0.2, 0.25) is 0 Å². The van der Waals surface area contributed by atoms with E-state index in [2.05, 4.69) is 22.9 Å². The lowest BCUT2D eigenvalue weighted by Gasteiger charge is -1.93. The van der Waals surface area contributed by atoms with Crippen molar-refractivity contribution in [3.05, 3.63) is 33.5 Å². The molecule has 0 atom stereocenters. The Bertz CT molecular complexity index is 447. The van der Waals surface area contributed by atoms with Gasteiger partial charge in [-0.1, -0.05) is 34.5 Å². The predicted octanol–water partition coefficient (Wildman–Crippen LogP) is 4.41. The van der Waals surface area contributed by atoms with E-state index in [0.717, 1.165) is 27.6 Å². The van der Waals surface area contributed by atoms with Crippen LogP contribution in [0.1, 0.15) is 12.7 Å². The summed E-state index contributed by atoms with van der Waals surface area (Å²) in [5.74, 6) is 0.968. The highest BCUT2D eigenvalue weighted by Crippen LogP contribution is 2.30. The number of benzene rings is 1. The van der Waals surface area contributed by atoms with E-state index in [1.54, 1.807) is 0 Å². The van der Waals surface area contributed by atoms with E-state index >= 15 is 0 Å². The van der Waals surface area contributed by atoms with Crippen LogP contribution in [0.2, 0.25) is 5.02 Å². The number of fused-ring (bicyclic) bond motifs is 1. The first-order valence-electron chi connectivity index (χ1n) is 4.08. The molecule has 3 heteroatoms. The van der Waals surface area contributed by atoms with Gasteiger partial charge in [0.05, 0.1) is 5.02 Å². The van der Waals surface area contributed by atoms with Gasteiger partial charge in [0.25, 0.3) is 0 Å². The fourth-order valence-electron chi connectivity index (χ4n) is 1.30. The lowest BCUT2D eigenvalue weighted by molar-refractivity contribution is 0.557. The van der Waals surface area contributed by atoms with E-state index in [1.807, 2.05) is 18.2 Å². The van der Waals surface area contributed by atoms with Gasteiger partial charge in [0.1, 0.15) is 5.76 Å². The molecule has 0 unspecified atom stereocenters. The zero-order valence-corrected chi connectivity index (χ0v) is 9.45. The molecule has 0 spiro atoms. The Morgan fingerprint density at radius 2 is 2.15 bits per heavy atom. The van der Waals surface area contributed by atoms with Crippen LogP contribution < -0.4 is 0 Å². The van der Waals surface area contributed by atoms with Gasteiger partial charge in [0, 0.05) is 16.3 Å². The predicted molar refractivity (Wildman–Crippen MR) is 58.3 cm³/mol. The highest BCUT2D eigenvalue weighted by molar-refractivity contribution is 9.10. The molecule has 1 aromatic heterocycles. The molecule has 68 valence electrons. The van der Waals surface area contributed by atoms with E-state index < -0.39 is 0 Å². The maximum absolute atomic E-state index is 6.01. The molecule has 1 nitrogen and oxygen atoms in total. The SMILES string of the molecule is CCc1cc2cc(Br)cc(Cl)c2o1. The molecule has 0 radical (unpaired) electrons. The third kappa shape index (κ3) is 1.61. The molecule has 0 aliphatic carbocycles. The monoisotopic (exact) mass is 258 g/mol. The standard InChI is InChI=1S/C10H8BrClO/c1-2-8-4-6-3-7(11)5-9(12)10(6)13-8/h3-5H,2H2,1H3. The van der Waals surface area contributed by atoms with Gasteiger partial charge in [-0.15, -0.1) is 0 Å². The summed E-state index contributed by atoms with van der Waals surface area (Å²) in [6.07, 6.45) is 0.891. The molecule has 13 heavy (non-hydrogen) atoms. The number of furan rings is 1. The average molecular weight is 260 g/mol. The molecule has 2 aromatic rings. The van der Waals surface area contributed by atoms with Crippen molar-refractivity contribution in [2.45, 2.75) is 13.3 Å². The van der Waals surface area contributed by atoms with Gasteiger partial charge >= 0.3 is 0 Å². The Labute approximate surface area is 89.8 Å².